The van der Waals surface area contributed by atoms with Crippen molar-refractivity contribution < 1.29 is 0 Å². The van der Waals surface area contributed by atoms with Gasteiger partial charge in [-0.2, -0.15) is 0 Å². The molecule has 0 atom stereocenters. The van der Waals surface area contributed by atoms with E-state index in [2.05, 4.69) is 11.6 Å². The average Bonchev–Trinajstić information content (AvgIpc) is 2.45. The zero-order chi connectivity index (χ0) is 11.0. The minimum absolute atomic E-state index is 0.682. The molecule has 0 aliphatic carbocycles. The second-order valence-electron chi connectivity index (χ2n) is 3.61. The summed E-state index contributed by atoms with van der Waals surface area (Å²) in [5, 5.41) is 0.694. The Kier molecular flexibility index (Phi) is 2.67. The first-order chi connectivity index (χ1) is 7.09. The Bertz CT molecular complexity index is 580. The molecule has 0 aliphatic rings. The standard InChI is InChI=1S/C11H11ClN2S/c1-7(2)6-14-9-5-3-4-8(12)10(9)13-11(14)15/h3-5H,1,6H2,2H3,(H,13,15). The number of benzene rings is 1. The van der Waals surface area contributed by atoms with E-state index < -0.39 is 0 Å². The van der Waals surface area contributed by atoms with E-state index in [1.165, 1.54) is 0 Å². The van der Waals surface area contributed by atoms with Crippen LogP contribution in [0.2, 0.25) is 5.02 Å². The number of hydrogen-bond donors (Lipinski definition) is 1. The summed E-state index contributed by atoms with van der Waals surface area (Å²) in [4.78, 5) is 3.11. The first kappa shape index (κ1) is 10.5. The monoisotopic (exact) mass is 238 g/mol. The van der Waals surface area contributed by atoms with Gasteiger partial charge in [-0.1, -0.05) is 29.8 Å². The van der Waals surface area contributed by atoms with Crippen LogP contribution in [-0.2, 0) is 6.54 Å². The maximum atomic E-state index is 6.07. The molecule has 1 N–H and O–H groups in total. The third-order valence-electron chi connectivity index (χ3n) is 2.19. The molecule has 2 aromatic rings. The second kappa shape index (κ2) is 3.83. The van der Waals surface area contributed by atoms with Gasteiger partial charge in [0.05, 0.1) is 16.1 Å². The summed E-state index contributed by atoms with van der Waals surface area (Å²) < 4.78 is 2.68. The number of aromatic amines is 1. The van der Waals surface area contributed by atoms with E-state index in [4.69, 9.17) is 23.8 Å². The van der Waals surface area contributed by atoms with Gasteiger partial charge in [0.1, 0.15) is 0 Å². The normalized spacial score (nSPS) is 10.8. The Hall–Kier alpha value is -1.06. The number of imidazole rings is 1. The third kappa shape index (κ3) is 1.85. The van der Waals surface area contributed by atoms with E-state index in [1.54, 1.807) is 0 Å². The predicted octanol–water partition coefficient (Wildman–Crippen LogP) is 3.93. The number of aromatic nitrogens is 2. The van der Waals surface area contributed by atoms with Crippen molar-refractivity contribution in [2.45, 2.75) is 13.5 Å². The van der Waals surface area contributed by atoms with Crippen molar-refractivity contribution in [2.75, 3.05) is 0 Å². The minimum atomic E-state index is 0.682. The Balaban J connectivity index is 2.74. The lowest BCUT2D eigenvalue weighted by atomic mass is 10.3. The highest BCUT2D eigenvalue weighted by molar-refractivity contribution is 7.71. The topological polar surface area (TPSA) is 20.7 Å². The lowest BCUT2D eigenvalue weighted by Gasteiger charge is -2.03. The fraction of sp³-hybridized carbons (Fsp3) is 0.182. The van der Waals surface area contributed by atoms with Crippen molar-refractivity contribution >= 4 is 34.9 Å². The number of rotatable bonds is 2. The van der Waals surface area contributed by atoms with E-state index >= 15 is 0 Å². The third-order valence-corrected chi connectivity index (χ3v) is 2.82. The molecule has 15 heavy (non-hydrogen) atoms. The number of nitrogens with zero attached hydrogens (tertiary/aromatic N) is 1. The van der Waals surface area contributed by atoms with E-state index in [0.29, 0.717) is 9.79 Å². The Morgan fingerprint density at radius 1 is 1.60 bits per heavy atom. The molecule has 0 fully saturated rings. The minimum Gasteiger partial charge on any atom is -0.329 e. The van der Waals surface area contributed by atoms with Crippen LogP contribution in [-0.4, -0.2) is 9.55 Å². The lowest BCUT2D eigenvalue weighted by molar-refractivity contribution is 0.798. The van der Waals surface area contributed by atoms with Gasteiger partial charge in [-0.25, -0.2) is 0 Å². The van der Waals surface area contributed by atoms with E-state index in [1.807, 2.05) is 29.7 Å². The summed E-state index contributed by atoms with van der Waals surface area (Å²) in [7, 11) is 0. The number of hydrogen-bond acceptors (Lipinski definition) is 1. The van der Waals surface area contributed by atoms with Gasteiger partial charge < -0.3 is 9.55 Å². The summed E-state index contributed by atoms with van der Waals surface area (Å²) >= 11 is 11.3. The summed E-state index contributed by atoms with van der Waals surface area (Å²) in [6.07, 6.45) is 0. The van der Waals surface area contributed by atoms with Crippen LogP contribution in [0.1, 0.15) is 6.92 Å². The van der Waals surface area contributed by atoms with Gasteiger partial charge in [-0.15, -0.1) is 0 Å². The van der Waals surface area contributed by atoms with Gasteiger partial charge in [0.2, 0.25) is 0 Å². The molecule has 2 rings (SSSR count). The van der Waals surface area contributed by atoms with Crippen molar-refractivity contribution in [2.24, 2.45) is 0 Å². The van der Waals surface area contributed by atoms with Crippen LogP contribution in [0.4, 0.5) is 0 Å². The summed E-state index contributed by atoms with van der Waals surface area (Å²) in [5.41, 5.74) is 2.98. The Morgan fingerprint density at radius 2 is 2.33 bits per heavy atom. The SMILES string of the molecule is C=C(C)Cn1c(=S)[nH]c2c(Cl)cccc21. The number of halogens is 1. The molecule has 0 amide bonds. The van der Waals surface area contributed by atoms with Crippen LogP contribution in [0.3, 0.4) is 0 Å². The Morgan fingerprint density at radius 3 is 3.00 bits per heavy atom. The fourth-order valence-electron chi connectivity index (χ4n) is 1.57. The smallest absolute Gasteiger partial charge is 0.178 e. The maximum Gasteiger partial charge on any atom is 0.178 e. The highest BCUT2D eigenvalue weighted by atomic mass is 35.5. The van der Waals surface area contributed by atoms with Gasteiger partial charge in [0, 0.05) is 6.54 Å². The molecule has 2 nitrogen and oxygen atoms in total. The van der Waals surface area contributed by atoms with Crippen molar-refractivity contribution in [3.8, 4) is 0 Å². The van der Waals surface area contributed by atoms with Crippen molar-refractivity contribution in [1.29, 1.82) is 0 Å². The first-order valence-electron chi connectivity index (χ1n) is 4.61. The van der Waals surface area contributed by atoms with Crippen LogP contribution in [0.25, 0.3) is 11.0 Å². The lowest BCUT2D eigenvalue weighted by Crippen LogP contribution is -1.97. The van der Waals surface area contributed by atoms with Gasteiger partial charge >= 0.3 is 0 Å². The molecule has 1 heterocycles. The van der Waals surface area contributed by atoms with Crippen molar-refractivity contribution in [3.05, 3.63) is 40.1 Å². The van der Waals surface area contributed by atoms with Crippen molar-refractivity contribution in [1.82, 2.24) is 9.55 Å². The van der Waals surface area contributed by atoms with E-state index in [9.17, 15) is 0 Å². The molecule has 0 aliphatic heterocycles. The number of allylic oxidation sites excluding steroid dienone is 1. The summed E-state index contributed by atoms with van der Waals surface area (Å²) in [6.45, 7) is 6.59. The molecule has 78 valence electrons. The quantitative estimate of drug-likeness (QED) is 0.621. The largest absolute Gasteiger partial charge is 0.329 e. The zero-order valence-corrected chi connectivity index (χ0v) is 9.95. The maximum absolute atomic E-state index is 6.07. The van der Waals surface area contributed by atoms with Crippen LogP contribution in [0, 0.1) is 4.77 Å². The van der Waals surface area contributed by atoms with Gasteiger partial charge in [-0.3, -0.25) is 0 Å². The van der Waals surface area contributed by atoms with Crippen LogP contribution >= 0.6 is 23.8 Å². The highest BCUT2D eigenvalue weighted by Gasteiger charge is 2.06. The average molecular weight is 239 g/mol. The molecule has 1 aromatic heterocycles. The molecule has 0 unspecified atom stereocenters. The summed E-state index contributed by atoms with van der Waals surface area (Å²) in [6, 6.07) is 5.76. The van der Waals surface area contributed by atoms with Gasteiger partial charge in [0.25, 0.3) is 0 Å². The molecular formula is C11H11ClN2S. The van der Waals surface area contributed by atoms with E-state index in [-0.39, 0.29) is 0 Å². The first-order valence-corrected chi connectivity index (χ1v) is 5.39. The van der Waals surface area contributed by atoms with Crippen LogP contribution in [0.5, 0.6) is 0 Å². The number of nitrogens with one attached hydrogen (secondary N) is 1. The molecular weight excluding hydrogens is 228 g/mol. The molecule has 1 aromatic carbocycles. The molecule has 0 radical (unpaired) electrons. The predicted molar refractivity (Wildman–Crippen MR) is 66.9 cm³/mol. The van der Waals surface area contributed by atoms with Gasteiger partial charge in [-0.05, 0) is 31.3 Å². The molecule has 0 bridgehead atoms. The molecule has 0 spiro atoms. The number of H-pyrrole nitrogens is 1. The highest BCUT2D eigenvalue weighted by Crippen LogP contribution is 2.22. The number of para-hydroxylation sites is 1. The fourth-order valence-corrected chi connectivity index (χ4v) is 2.05. The number of fused-ring (bicyclic) bond motifs is 1. The molecule has 4 heteroatoms. The van der Waals surface area contributed by atoms with Crippen LogP contribution in [0.15, 0.2) is 30.4 Å². The van der Waals surface area contributed by atoms with Gasteiger partial charge in [0.15, 0.2) is 4.77 Å². The van der Waals surface area contributed by atoms with E-state index in [0.717, 1.165) is 23.2 Å². The molecule has 0 saturated carbocycles. The zero-order valence-electron chi connectivity index (χ0n) is 8.38. The molecule has 0 saturated heterocycles. The van der Waals surface area contributed by atoms with Crippen LogP contribution < -0.4 is 0 Å². The van der Waals surface area contributed by atoms with Crippen molar-refractivity contribution in [3.63, 3.8) is 0 Å². The Labute approximate surface area is 98.2 Å². The second-order valence-corrected chi connectivity index (χ2v) is 4.40. The summed E-state index contributed by atoms with van der Waals surface area (Å²) in [5.74, 6) is 0.